The van der Waals surface area contributed by atoms with Crippen LogP contribution in [-0.4, -0.2) is 32.5 Å². The standard InChI is InChI=1S/C26H26N6O2/c1-14-9-10-19-20(11-14)30-24(29-19)15(2)28-26(33)18-12-16(27)13-21-23(18)32(3)25(31-21)17-7-5-6-8-22(17)34-4/h5-13,15H,27H2,1-4H3,(H,28,33)(H,29,30). The molecule has 0 aliphatic heterocycles. The second-order valence-corrected chi connectivity index (χ2v) is 8.47. The van der Waals surface area contributed by atoms with Gasteiger partial charge in [-0.2, -0.15) is 0 Å². The number of nitrogens with one attached hydrogen (secondary N) is 2. The molecule has 4 N–H and O–H groups in total. The number of hydrogen-bond acceptors (Lipinski definition) is 5. The fourth-order valence-corrected chi connectivity index (χ4v) is 4.31. The van der Waals surface area contributed by atoms with Gasteiger partial charge in [0.1, 0.15) is 17.4 Å². The first-order valence-electron chi connectivity index (χ1n) is 11.0. The van der Waals surface area contributed by atoms with Gasteiger partial charge in [0.25, 0.3) is 5.91 Å². The maximum Gasteiger partial charge on any atom is 0.254 e. The zero-order valence-electron chi connectivity index (χ0n) is 19.5. The van der Waals surface area contributed by atoms with Gasteiger partial charge in [0.05, 0.1) is 46.3 Å². The molecule has 8 nitrogen and oxygen atoms in total. The van der Waals surface area contributed by atoms with E-state index in [2.05, 4.69) is 15.3 Å². The summed E-state index contributed by atoms with van der Waals surface area (Å²) in [5.41, 5.74) is 12.2. The molecule has 34 heavy (non-hydrogen) atoms. The van der Waals surface area contributed by atoms with Crippen LogP contribution in [0.2, 0.25) is 0 Å². The number of aromatic amines is 1. The normalized spacial score (nSPS) is 12.2. The van der Waals surface area contributed by atoms with E-state index >= 15 is 0 Å². The SMILES string of the molecule is COc1ccccc1-c1nc2cc(N)cc(C(=O)NC(C)c3nc4ccc(C)cc4[nH]3)c2n1C. The number of nitrogens with two attached hydrogens (primary N) is 1. The molecule has 0 aliphatic rings. The minimum absolute atomic E-state index is 0.254. The summed E-state index contributed by atoms with van der Waals surface area (Å²) in [4.78, 5) is 26.1. The lowest BCUT2D eigenvalue weighted by Gasteiger charge is -2.13. The fraction of sp³-hybridized carbons (Fsp3) is 0.192. The average molecular weight is 455 g/mol. The highest BCUT2D eigenvalue weighted by Gasteiger charge is 2.22. The van der Waals surface area contributed by atoms with Gasteiger partial charge in [0, 0.05) is 12.7 Å². The molecule has 0 saturated carbocycles. The molecule has 0 aliphatic carbocycles. The molecule has 0 bridgehead atoms. The van der Waals surface area contributed by atoms with E-state index < -0.39 is 0 Å². The van der Waals surface area contributed by atoms with Gasteiger partial charge in [-0.15, -0.1) is 0 Å². The molecule has 8 heteroatoms. The van der Waals surface area contributed by atoms with Crippen molar-refractivity contribution in [2.24, 2.45) is 7.05 Å². The van der Waals surface area contributed by atoms with Crippen molar-refractivity contribution in [1.82, 2.24) is 24.8 Å². The molecule has 2 aromatic heterocycles. The molecule has 5 rings (SSSR count). The summed E-state index contributed by atoms with van der Waals surface area (Å²) in [5.74, 6) is 1.83. The van der Waals surface area contributed by atoms with Crippen LogP contribution >= 0.6 is 0 Å². The number of aryl methyl sites for hydroxylation is 2. The summed E-state index contributed by atoms with van der Waals surface area (Å²) in [6.07, 6.45) is 0. The van der Waals surface area contributed by atoms with Crippen molar-refractivity contribution in [3.8, 4) is 17.1 Å². The number of hydrogen-bond donors (Lipinski definition) is 3. The van der Waals surface area contributed by atoms with E-state index in [-0.39, 0.29) is 11.9 Å². The molecule has 0 spiro atoms. The Morgan fingerprint density at radius 2 is 1.91 bits per heavy atom. The van der Waals surface area contributed by atoms with Gasteiger partial charge >= 0.3 is 0 Å². The quantitative estimate of drug-likeness (QED) is 0.339. The van der Waals surface area contributed by atoms with Gasteiger partial charge in [-0.05, 0) is 55.8 Å². The smallest absolute Gasteiger partial charge is 0.254 e. The Balaban J connectivity index is 1.53. The van der Waals surface area contributed by atoms with Gasteiger partial charge < -0.3 is 25.3 Å². The Labute approximate surface area is 196 Å². The van der Waals surface area contributed by atoms with Gasteiger partial charge in [-0.25, -0.2) is 9.97 Å². The first-order chi connectivity index (χ1) is 16.4. The molecule has 1 unspecified atom stereocenters. The molecular weight excluding hydrogens is 428 g/mol. The van der Waals surface area contributed by atoms with E-state index in [0.29, 0.717) is 39.7 Å². The minimum atomic E-state index is -0.335. The number of H-pyrrole nitrogens is 1. The highest BCUT2D eigenvalue weighted by molar-refractivity contribution is 6.07. The number of nitrogen functional groups attached to an aromatic ring is 1. The van der Waals surface area contributed by atoms with Crippen LogP contribution in [0.5, 0.6) is 5.75 Å². The molecule has 172 valence electrons. The van der Waals surface area contributed by atoms with E-state index in [1.165, 1.54) is 0 Å². The molecule has 0 fully saturated rings. The van der Waals surface area contributed by atoms with Crippen LogP contribution in [0.25, 0.3) is 33.5 Å². The Hall–Kier alpha value is -4.33. The minimum Gasteiger partial charge on any atom is -0.496 e. The number of carbonyl (C=O) groups is 1. The maximum atomic E-state index is 13.4. The van der Waals surface area contributed by atoms with Gasteiger partial charge in [0.15, 0.2) is 0 Å². The summed E-state index contributed by atoms with van der Waals surface area (Å²) >= 11 is 0. The molecule has 5 aromatic rings. The molecule has 1 amide bonds. The lowest BCUT2D eigenvalue weighted by Crippen LogP contribution is -2.28. The summed E-state index contributed by atoms with van der Waals surface area (Å²) in [5, 5.41) is 3.05. The largest absolute Gasteiger partial charge is 0.496 e. The summed E-state index contributed by atoms with van der Waals surface area (Å²) < 4.78 is 7.42. The number of nitrogens with zero attached hydrogens (tertiary/aromatic N) is 3. The van der Waals surface area contributed by atoms with Gasteiger partial charge in [-0.3, -0.25) is 4.79 Å². The van der Waals surface area contributed by atoms with Crippen molar-refractivity contribution in [3.63, 3.8) is 0 Å². The number of amides is 1. The first kappa shape index (κ1) is 21.5. The van der Waals surface area contributed by atoms with Gasteiger partial charge in [0.2, 0.25) is 0 Å². The van der Waals surface area contributed by atoms with E-state index in [1.54, 1.807) is 19.2 Å². The summed E-state index contributed by atoms with van der Waals surface area (Å²) in [6, 6.07) is 16.8. The number of fused-ring (bicyclic) bond motifs is 2. The van der Waals surface area contributed by atoms with Crippen molar-refractivity contribution in [1.29, 1.82) is 0 Å². The lowest BCUT2D eigenvalue weighted by atomic mass is 10.1. The van der Waals surface area contributed by atoms with Crippen LogP contribution in [0.1, 0.15) is 34.7 Å². The Morgan fingerprint density at radius 1 is 1.12 bits per heavy atom. The number of aromatic nitrogens is 4. The van der Waals surface area contributed by atoms with E-state index in [0.717, 1.165) is 22.2 Å². The molecule has 1 atom stereocenters. The van der Waals surface area contributed by atoms with Crippen LogP contribution < -0.4 is 15.8 Å². The second-order valence-electron chi connectivity index (χ2n) is 8.47. The summed E-state index contributed by atoms with van der Waals surface area (Å²) in [7, 11) is 3.51. The number of imidazole rings is 2. The predicted octanol–water partition coefficient (Wildman–Crippen LogP) is 4.51. The molecule has 3 aromatic carbocycles. The number of benzene rings is 3. The predicted molar refractivity (Wildman–Crippen MR) is 134 cm³/mol. The second kappa shape index (κ2) is 8.22. The molecule has 0 radical (unpaired) electrons. The molecule has 2 heterocycles. The Morgan fingerprint density at radius 3 is 2.71 bits per heavy atom. The van der Waals surface area contributed by atoms with Crippen LogP contribution in [-0.2, 0) is 7.05 Å². The van der Waals surface area contributed by atoms with E-state index in [9.17, 15) is 4.79 Å². The molecule has 0 saturated heterocycles. The van der Waals surface area contributed by atoms with Crippen LogP contribution in [0.4, 0.5) is 5.69 Å². The van der Waals surface area contributed by atoms with Crippen LogP contribution in [0, 0.1) is 6.92 Å². The van der Waals surface area contributed by atoms with Crippen LogP contribution in [0.15, 0.2) is 54.6 Å². The van der Waals surface area contributed by atoms with Crippen molar-refractivity contribution in [2.75, 3.05) is 12.8 Å². The van der Waals surface area contributed by atoms with Crippen molar-refractivity contribution in [3.05, 3.63) is 71.5 Å². The first-order valence-corrected chi connectivity index (χ1v) is 11.0. The monoisotopic (exact) mass is 454 g/mol. The maximum absolute atomic E-state index is 13.4. The zero-order chi connectivity index (χ0) is 24.0. The number of methoxy groups -OCH3 is 1. The third-order valence-corrected chi connectivity index (χ3v) is 6.00. The van der Waals surface area contributed by atoms with Crippen molar-refractivity contribution >= 4 is 33.7 Å². The number of anilines is 1. The van der Waals surface area contributed by atoms with E-state index in [4.69, 9.17) is 15.5 Å². The fourth-order valence-electron chi connectivity index (χ4n) is 4.31. The highest BCUT2D eigenvalue weighted by atomic mass is 16.5. The summed E-state index contributed by atoms with van der Waals surface area (Å²) in [6.45, 7) is 3.93. The van der Waals surface area contributed by atoms with Crippen LogP contribution in [0.3, 0.4) is 0 Å². The lowest BCUT2D eigenvalue weighted by molar-refractivity contribution is 0.0940. The number of para-hydroxylation sites is 1. The highest BCUT2D eigenvalue weighted by Crippen LogP contribution is 2.33. The van der Waals surface area contributed by atoms with Gasteiger partial charge in [-0.1, -0.05) is 18.2 Å². The third kappa shape index (κ3) is 3.63. The van der Waals surface area contributed by atoms with Crippen molar-refractivity contribution < 1.29 is 9.53 Å². The Kier molecular flexibility index (Phi) is 5.20. The number of ether oxygens (including phenoxy) is 1. The van der Waals surface area contributed by atoms with E-state index in [1.807, 2.05) is 67.9 Å². The number of carbonyl (C=O) groups excluding carboxylic acids is 1. The third-order valence-electron chi connectivity index (χ3n) is 6.00. The average Bonchev–Trinajstić information content (AvgIpc) is 3.39. The zero-order valence-corrected chi connectivity index (χ0v) is 19.5. The topological polar surface area (TPSA) is 111 Å². The Bertz CT molecular complexity index is 1550. The number of rotatable bonds is 5. The molecular formula is C26H26N6O2. The van der Waals surface area contributed by atoms with Crippen molar-refractivity contribution in [2.45, 2.75) is 19.9 Å².